The summed E-state index contributed by atoms with van der Waals surface area (Å²) in [6.45, 7) is 1.42. The zero-order valence-corrected chi connectivity index (χ0v) is 13.5. The van der Waals surface area contributed by atoms with Gasteiger partial charge in [-0.1, -0.05) is 35.5 Å². The molecule has 0 spiro atoms. The van der Waals surface area contributed by atoms with E-state index < -0.39 is 0 Å². The third-order valence-corrected chi connectivity index (χ3v) is 4.29. The Morgan fingerprint density at radius 1 is 1.28 bits per heavy atom. The molecule has 3 heterocycles. The topological polar surface area (TPSA) is 103 Å². The number of amides is 1. The number of carbonyl (C=O) groups excluding carboxylic acids is 1. The number of tetrazole rings is 1. The minimum absolute atomic E-state index is 0.0141. The average Bonchev–Trinajstić information content (AvgIpc) is 3.34. The van der Waals surface area contributed by atoms with E-state index in [1.54, 1.807) is 0 Å². The predicted molar refractivity (Wildman–Crippen MR) is 86.1 cm³/mol. The number of nitrogens with zero attached hydrogens (tertiary/aromatic N) is 7. The highest BCUT2D eigenvalue weighted by Crippen LogP contribution is 2.27. The molecule has 0 N–H and O–H groups in total. The molecule has 1 fully saturated rings. The molecule has 128 valence electrons. The van der Waals surface area contributed by atoms with Gasteiger partial charge in [0.05, 0.1) is 5.92 Å². The zero-order valence-electron chi connectivity index (χ0n) is 13.5. The van der Waals surface area contributed by atoms with E-state index in [1.807, 2.05) is 35.2 Å². The van der Waals surface area contributed by atoms with Crippen LogP contribution in [0, 0.1) is 0 Å². The van der Waals surface area contributed by atoms with E-state index in [1.165, 1.54) is 11.0 Å². The Hall–Kier alpha value is -3.10. The number of benzene rings is 1. The number of carbonyl (C=O) groups is 1. The van der Waals surface area contributed by atoms with Gasteiger partial charge in [-0.25, -0.2) is 4.68 Å². The molecular weight excluding hydrogens is 322 g/mol. The van der Waals surface area contributed by atoms with Crippen LogP contribution in [0.1, 0.15) is 24.7 Å². The Balaban J connectivity index is 1.44. The third kappa shape index (κ3) is 3.39. The summed E-state index contributed by atoms with van der Waals surface area (Å²) >= 11 is 0. The van der Waals surface area contributed by atoms with Crippen LogP contribution in [0.5, 0.6) is 0 Å². The van der Waals surface area contributed by atoms with E-state index in [-0.39, 0.29) is 18.4 Å². The van der Waals surface area contributed by atoms with Crippen LogP contribution >= 0.6 is 0 Å². The molecule has 1 atom stereocenters. The summed E-state index contributed by atoms with van der Waals surface area (Å²) in [4.78, 5) is 18.7. The van der Waals surface area contributed by atoms with Crippen LogP contribution in [0.15, 0.2) is 41.2 Å². The van der Waals surface area contributed by atoms with E-state index in [0.717, 1.165) is 24.9 Å². The molecule has 4 rings (SSSR count). The van der Waals surface area contributed by atoms with Gasteiger partial charge in [0.25, 0.3) is 0 Å². The van der Waals surface area contributed by atoms with Crippen molar-refractivity contribution in [2.45, 2.75) is 25.3 Å². The molecule has 0 saturated carbocycles. The van der Waals surface area contributed by atoms with Gasteiger partial charge < -0.3 is 9.42 Å². The molecule has 1 aliphatic heterocycles. The molecule has 1 unspecified atom stereocenters. The van der Waals surface area contributed by atoms with E-state index in [9.17, 15) is 4.79 Å². The first-order valence-electron chi connectivity index (χ1n) is 8.17. The maximum atomic E-state index is 12.4. The SMILES string of the molecule is O=C(Cn1cnnn1)N1CCCC(c2nc(-c3ccccc3)no2)C1. The fourth-order valence-corrected chi connectivity index (χ4v) is 3.00. The lowest BCUT2D eigenvalue weighted by Gasteiger charge is -2.30. The Labute approximate surface area is 143 Å². The van der Waals surface area contributed by atoms with Crippen LogP contribution in [-0.2, 0) is 11.3 Å². The summed E-state index contributed by atoms with van der Waals surface area (Å²) in [5.41, 5.74) is 0.917. The van der Waals surface area contributed by atoms with Crippen LogP contribution in [0.25, 0.3) is 11.4 Å². The first-order valence-corrected chi connectivity index (χ1v) is 8.17. The highest BCUT2D eigenvalue weighted by Gasteiger charge is 2.28. The van der Waals surface area contributed by atoms with Crippen molar-refractivity contribution >= 4 is 5.91 Å². The molecule has 1 aromatic carbocycles. The molecule has 9 heteroatoms. The molecule has 1 saturated heterocycles. The van der Waals surface area contributed by atoms with Crippen molar-refractivity contribution in [3.05, 3.63) is 42.5 Å². The smallest absolute Gasteiger partial charge is 0.244 e. The normalized spacial score (nSPS) is 17.6. The van der Waals surface area contributed by atoms with Crippen LogP contribution in [0.4, 0.5) is 0 Å². The van der Waals surface area contributed by atoms with Crippen LogP contribution in [0.2, 0.25) is 0 Å². The van der Waals surface area contributed by atoms with Gasteiger partial charge in [0.15, 0.2) is 0 Å². The second-order valence-corrected chi connectivity index (χ2v) is 6.01. The molecule has 0 aliphatic carbocycles. The first kappa shape index (κ1) is 15.4. The van der Waals surface area contributed by atoms with Gasteiger partial charge in [-0.2, -0.15) is 4.98 Å². The molecule has 2 aromatic heterocycles. The number of likely N-dealkylation sites (tertiary alicyclic amines) is 1. The standard InChI is InChI=1S/C16H17N7O2/c24-14(10-23-11-17-20-21-23)22-8-4-7-13(9-22)16-18-15(19-25-16)12-5-2-1-3-6-12/h1-3,5-6,11,13H,4,7-10H2. The van der Waals surface area contributed by atoms with Crippen molar-refractivity contribution < 1.29 is 9.32 Å². The Morgan fingerprint density at radius 3 is 2.96 bits per heavy atom. The van der Waals surface area contributed by atoms with Gasteiger partial charge in [-0.05, 0) is 23.3 Å². The molecule has 25 heavy (non-hydrogen) atoms. The third-order valence-electron chi connectivity index (χ3n) is 4.29. The second kappa shape index (κ2) is 6.80. The van der Waals surface area contributed by atoms with E-state index in [2.05, 4.69) is 25.7 Å². The van der Waals surface area contributed by atoms with Crippen LogP contribution in [0.3, 0.4) is 0 Å². The van der Waals surface area contributed by atoms with Crippen molar-refractivity contribution in [2.24, 2.45) is 0 Å². The van der Waals surface area contributed by atoms with E-state index >= 15 is 0 Å². The van der Waals surface area contributed by atoms with Crippen molar-refractivity contribution in [3.8, 4) is 11.4 Å². The largest absolute Gasteiger partial charge is 0.340 e. The van der Waals surface area contributed by atoms with Crippen LogP contribution < -0.4 is 0 Å². The number of rotatable bonds is 4. The molecule has 1 aliphatic rings. The molecule has 9 nitrogen and oxygen atoms in total. The van der Waals surface area contributed by atoms with Crippen molar-refractivity contribution in [3.63, 3.8) is 0 Å². The molecule has 0 bridgehead atoms. The summed E-state index contributed by atoms with van der Waals surface area (Å²) in [6, 6.07) is 9.70. The van der Waals surface area contributed by atoms with E-state index in [4.69, 9.17) is 4.52 Å². The Morgan fingerprint density at radius 2 is 2.16 bits per heavy atom. The summed E-state index contributed by atoms with van der Waals surface area (Å²) in [5.74, 6) is 1.20. The molecule has 3 aromatic rings. The van der Waals surface area contributed by atoms with Gasteiger partial charge in [0.2, 0.25) is 17.6 Å². The summed E-state index contributed by atoms with van der Waals surface area (Å²) in [5, 5.41) is 14.9. The fraction of sp³-hybridized carbons (Fsp3) is 0.375. The Bertz CT molecular complexity index is 831. The summed E-state index contributed by atoms with van der Waals surface area (Å²) in [6.07, 6.45) is 3.25. The number of piperidine rings is 1. The molecule has 1 amide bonds. The van der Waals surface area contributed by atoms with E-state index in [0.29, 0.717) is 18.3 Å². The first-order chi connectivity index (χ1) is 12.3. The minimum Gasteiger partial charge on any atom is -0.340 e. The lowest BCUT2D eigenvalue weighted by atomic mass is 9.98. The number of aromatic nitrogens is 6. The van der Waals surface area contributed by atoms with Gasteiger partial charge >= 0.3 is 0 Å². The fourth-order valence-electron chi connectivity index (χ4n) is 3.00. The highest BCUT2D eigenvalue weighted by molar-refractivity contribution is 5.76. The quantitative estimate of drug-likeness (QED) is 0.702. The molecule has 0 radical (unpaired) electrons. The lowest BCUT2D eigenvalue weighted by Crippen LogP contribution is -2.41. The maximum absolute atomic E-state index is 12.4. The van der Waals surface area contributed by atoms with Crippen LogP contribution in [-0.4, -0.2) is 54.2 Å². The minimum atomic E-state index is -0.0141. The van der Waals surface area contributed by atoms with Gasteiger partial charge in [-0.3, -0.25) is 4.79 Å². The lowest BCUT2D eigenvalue weighted by molar-refractivity contribution is -0.133. The highest BCUT2D eigenvalue weighted by atomic mass is 16.5. The monoisotopic (exact) mass is 339 g/mol. The Kier molecular flexibility index (Phi) is 4.19. The van der Waals surface area contributed by atoms with Gasteiger partial charge in [-0.15, -0.1) is 5.10 Å². The van der Waals surface area contributed by atoms with Crippen molar-refractivity contribution in [1.29, 1.82) is 0 Å². The number of hydrogen-bond acceptors (Lipinski definition) is 7. The van der Waals surface area contributed by atoms with Gasteiger partial charge in [0.1, 0.15) is 12.9 Å². The second-order valence-electron chi connectivity index (χ2n) is 6.01. The van der Waals surface area contributed by atoms with Gasteiger partial charge in [0, 0.05) is 18.7 Å². The summed E-state index contributed by atoms with van der Waals surface area (Å²) in [7, 11) is 0. The summed E-state index contributed by atoms with van der Waals surface area (Å²) < 4.78 is 6.88. The zero-order chi connectivity index (χ0) is 17.1. The molecular formula is C16H17N7O2. The average molecular weight is 339 g/mol. The maximum Gasteiger partial charge on any atom is 0.244 e. The number of hydrogen-bond donors (Lipinski definition) is 0. The van der Waals surface area contributed by atoms with Crippen molar-refractivity contribution in [1.82, 2.24) is 35.2 Å². The van der Waals surface area contributed by atoms with Crippen molar-refractivity contribution in [2.75, 3.05) is 13.1 Å². The predicted octanol–water partition coefficient (Wildman–Crippen LogP) is 1.13.